The first-order valence-electron chi connectivity index (χ1n) is 2.49. The van der Waals surface area contributed by atoms with E-state index in [4.69, 9.17) is 5.11 Å². The fourth-order valence-electron chi connectivity index (χ4n) is 0.770. The lowest BCUT2D eigenvalue weighted by atomic mass is 10.3. The van der Waals surface area contributed by atoms with Crippen LogP contribution in [0.1, 0.15) is 0 Å². The average molecular weight is 100 g/mol. The number of nitrogens with zero attached hydrogens (tertiary/aromatic N) is 1. The third-order valence-corrected chi connectivity index (χ3v) is 1.19. The highest BCUT2D eigenvalue weighted by molar-refractivity contribution is 4.87. The van der Waals surface area contributed by atoms with E-state index >= 15 is 0 Å². The Morgan fingerprint density at radius 3 is 2.71 bits per heavy atom. The van der Waals surface area contributed by atoms with Gasteiger partial charge in [0, 0.05) is 19.5 Å². The highest BCUT2D eigenvalue weighted by Crippen LogP contribution is 2.02. The number of aliphatic hydroxyl groups is 1. The molecule has 1 saturated heterocycles. The number of β-amino-alcohol motifs (C(OH)–C–C–N with tert-alkyl or cyclic N) is 1. The smallest absolute Gasteiger partial charge is 0.0711 e. The van der Waals surface area contributed by atoms with Gasteiger partial charge < -0.3 is 10.0 Å². The highest BCUT2D eigenvalue weighted by Gasteiger charge is 2.15. The standard InChI is InChI=1S/C5H10NO/c1-6-3-2-5(7)4-6/h2,5,7H,3-4H2,1H3. The van der Waals surface area contributed by atoms with Gasteiger partial charge in [-0.2, -0.15) is 0 Å². The molecule has 1 heterocycles. The van der Waals surface area contributed by atoms with Gasteiger partial charge in [0.2, 0.25) is 0 Å². The maximum Gasteiger partial charge on any atom is 0.0711 e. The molecule has 1 rings (SSSR count). The van der Waals surface area contributed by atoms with E-state index in [2.05, 4.69) is 4.90 Å². The number of aliphatic hydroxyl groups excluding tert-OH is 1. The summed E-state index contributed by atoms with van der Waals surface area (Å²) in [7, 11) is 1.99. The molecule has 0 amide bonds. The summed E-state index contributed by atoms with van der Waals surface area (Å²) in [6.45, 7) is 1.74. The number of likely N-dealkylation sites (tertiary alicyclic amines) is 1. The summed E-state index contributed by atoms with van der Waals surface area (Å²) in [4.78, 5) is 2.07. The summed E-state index contributed by atoms with van der Waals surface area (Å²) in [5, 5.41) is 8.80. The first kappa shape index (κ1) is 5.06. The maximum absolute atomic E-state index is 8.80. The van der Waals surface area contributed by atoms with E-state index < -0.39 is 0 Å². The van der Waals surface area contributed by atoms with E-state index in [0.717, 1.165) is 13.1 Å². The van der Waals surface area contributed by atoms with E-state index in [-0.39, 0.29) is 6.10 Å². The van der Waals surface area contributed by atoms with Gasteiger partial charge >= 0.3 is 0 Å². The molecule has 0 aromatic carbocycles. The van der Waals surface area contributed by atoms with Crippen LogP contribution in [-0.2, 0) is 0 Å². The fraction of sp³-hybridized carbons (Fsp3) is 0.800. The van der Waals surface area contributed by atoms with Gasteiger partial charge in [0.15, 0.2) is 0 Å². The van der Waals surface area contributed by atoms with Gasteiger partial charge in [-0.15, -0.1) is 0 Å². The predicted octanol–water partition coefficient (Wildman–Crippen LogP) is -0.503. The van der Waals surface area contributed by atoms with Crippen LogP contribution in [0, 0.1) is 6.42 Å². The molecule has 1 aliphatic heterocycles. The molecule has 0 aromatic heterocycles. The van der Waals surface area contributed by atoms with Crippen LogP contribution in [-0.4, -0.2) is 36.2 Å². The van der Waals surface area contributed by atoms with Crippen LogP contribution in [0.4, 0.5) is 0 Å². The zero-order valence-corrected chi connectivity index (χ0v) is 4.46. The van der Waals surface area contributed by atoms with Gasteiger partial charge in [0.05, 0.1) is 6.10 Å². The van der Waals surface area contributed by atoms with Gasteiger partial charge in [-0.1, -0.05) is 0 Å². The Morgan fingerprint density at radius 1 is 1.86 bits per heavy atom. The molecule has 1 fully saturated rings. The Kier molecular flexibility index (Phi) is 1.30. The highest BCUT2D eigenvalue weighted by atomic mass is 16.3. The van der Waals surface area contributed by atoms with E-state index in [1.54, 1.807) is 0 Å². The monoisotopic (exact) mass is 100 g/mol. The Labute approximate surface area is 43.7 Å². The summed E-state index contributed by atoms with van der Waals surface area (Å²) >= 11 is 0. The van der Waals surface area contributed by atoms with Gasteiger partial charge in [0.25, 0.3) is 0 Å². The van der Waals surface area contributed by atoms with Crippen molar-refractivity contribution in [3.63, 3.8) is 0 Å². The van der Waals surface area contributed by atoms with Crippen LogP contribution in [0.2, 0.25) is 0 Å². The van der Waals surface area contributed by atoms with E-state index in [9.17, 15) is 0 Å². The molecule has 1 N–H and O–H groups in total. The number of hydrogen-bond donors (Lipinski definition) is 1. The summed E-state index contributed by atoms with van der Waals surface area (Å²) in [6.07, 6.45) is 1.73. The average Bonchev–Trinajstić information content (AvgIpc) is 1.87. The molecule has 0 spiro atoms. The van der Waals surface area contributed by atoms with Crippen LogP contribution < -0.4 is 0 Å². The number of hydrogen-bond acceptors (Lipinski definition) is 2. The molecule has 0 saturated carbocycles. The van der Waals surface area contributed by atoms with E-state index in [1.165, 1.54) is 0 Å². The molecule has 41 valence electrons. The first-order chi connectivity index (χ1) is 3.29. The minimum atomic E-state index is -0.176. The van der Waals surface area contributed by atoms with Crippen molar-refractivity contribution in [1.82, 2.24) is 4.90 Å². The minimum absolute atomic E-state index is 0.176. The normalized spacial score (nSPS) is 34.3. The van der Waals surface area contributed by atoms with Crippen LogP contribution in [0.25, 0.3) is 0 Å². The van der Waals surface area contributed by atoms with Crippen LogP contribution >= 0.6 is 0 Å². The van der Waals surface area contributed by atoms with Crippen molar-refractivity contribution in [1.29, 1.82) is 0 Å². The molecule has 0 bridgehead atoms. The van der Waals surface area contributed by atoms with Crippen molar-refractivity contribution >= 4 is 0 Å². The minimum Gasteiger partial charge on any atom is -0.391 e. The molecule has 0 aromatic rings. The second kappa shape index (κ2) is 1.80. The van der Waals surface area contributed by atoms with Gasteiger partial charge in [-0.05, 0) is 7.05 Å². The Bertz CT molecular complexity index is 57.1. The number of rotatable bonds is 0. The Balaban J connectivity index is 2.26. The van der Waals surface area contributed by atoms with Crippen LogP contribution in [0.3, 0.4) is 0 Å². The fourth-order valence-corrected chi connectivity index (χ4v) is 0.770. The Hall–Kier alpha value is -0.0800. The van der Waals surface area contributed by atoms with E-state index in [0.29, 0.717) is 0 Å². The lowest BCUT2D eigenvalue weighted by Gasteiger charge is -2.02. The lowest BCUT2D eigenvalue weighted by Crippen LogP contribution is -2.15. The lowest BCUT2D eigenvalue weighted by molar-refractivity contribution is 0.204. The van der Waals surface area contributed by atoms with Gasteiger partial charge in [-0.3, -0.25) is 0 Å². The quantitative estimate of drug-likeness (QED) is 0.443. The van der Waals surface area contributed by atoms with Crippen molar-refractivity contribution in [3.05, 3.63) is 6.42 Å². The Morgan fingerprint density at radius 2 is 2.57 bits per heavy atom. The molecular weight excluding hydrogens is 90.1 g/mol. The largest absolute Gasteiger partial charge is 0.391 e. The van der Waals surface area contributed by atoms with Crippen LogP contribution in [0.5, 0.6) is 0 Å². The summed E-state index contributed by atoms with van der Waals surface area (Å²) in [5.74, 6) is 0. The first-order valence-corrected chi connectivity index (χ1v) is 2.49. The van der Waals surface area contributed by atoms with Crippen LogP contribution in [0.15, 0.2) is 0 Å². The summed E-state index contributed by atoms with van der Waals surface area (Å²) < 4.78 is 0. The number of likely N-dealkylation sites (N-methyl/N-ethyl adjacent to an activating group) is 1. The van der Waals surface area contributed by atoms with E-state index in [1.807, 2.05) is 13.5 Å². The maximum atomic E-state index is 8.80. The summed E-state index contributed by atoms with van der Waals surface area (Å²) in [6, 6.07) is 0. The summed E-state index contributed by atoms with van der Waals surface area (Å²) in [5.41, 5.74) is 0. The van der Waals surface area contributed by atoms with Gasteiger partial charge in [0.1, 0.15) is 0 Å². The second-order valence-corrected chi connectivity index (χ2v) is 2.02. The molecule has 1 aliphatic rings. The molecular formula is C5H10NO. The molecule has 0 aliphatic carbocycles. The van der Waals surface area contributed by atoms with Crippen molar-refractivity contribution in [3.8, 4) is 0 Å². The third-order valence-electron chi connectivity index (χ3n) is 1.19. The molecule has 1 atom stereocenters. The zero-order chi connectivity index (χ0) is 5.28. The van der Waals surface area contributed by atoms with Crippen molar-refractivity contribution < 1.29 is 5.11 Å². The predicted molar refractivity (Wildman–Crippen MR) is 27.8 cm³/mol. The molecule has 2 heteroatoms. The third kappa shape index (κ3) is 1.14. The van der Waals surface area contributed by atoms with Crippen molar-refractivity contribution in [2.24, 2.45) is 0 Å². The van der Waals surface area contributed by atoms with Crippen molar-refractivity contribution in [2.45, 2.75) is 6.10 Å². The second-order valence-electron chi connectivity index (χ2n) is 2.02. The molecule has 1 radical (unpaired) electrons. The van der Waals surface area contributed by atoms with Crippen molar-refractivity contribution in [2.75, 3.05) is 20.1 Å². The molecule has 7 heavy (non-hydrogen) atoms. The van der Waals surface area contributed by atoms with Gasteiger partial charge in [-0.25, -0.2) is 0 Å². The topological polar surface area (TPSA) is 23.5 Å². The zero-order valence-electron chi connectivity index (χ0n) is 4.46. The molecule has 2 nitrogen and oxygen atoms in total. The SMILES string of the molecule is CN1C[CH]C(O)C1. The molecule has 1 unspecified atom stereocenters.